The van der Waals surface area contributed by atoms with Crippen molar-refractivity contribution in [3.63, 3.8) is 0 Å². The number of aromatic hydroxyl groups is 1. The van der Waals surface area contributed by atoms with Gasteiger partial charge in [-0.2, -0.15) is 0 Å². The van der Waals surface area contributed by atoms with Crippen molar-refractivity contribution in [1.29, 1.82) is 0 Å². The van der Waals surface area contributed by atoms with E-state index >= 15 is 0 Å². The number of allylic oxidation sites excluding steroid dienone is 2. The number of phenols is 1. The third-order valence-electron chi connectivity index (χ3n) is 3.88. The van der Waals surface area contributed by atoms with Crippen molar-refractivity contribution < 1.29 is 29.1 Å². The molecule has 0 bridgehead atoms. The smallest absolute Gasteiger partial charge is 0.310 e. The van der Waals surface area contributed by atoms with E-state index in [4.69, 9.17) is 9.47 Å². The van der Waals surface area contributed by atoms with Gasteiger partial charge in [-0.3, -0.25) is 19.7 Å². The van der Waals surface area contributed by atoms with Crippen molar-refractivity contribution in [3.8, 4) is 17.2 Å². The van der Waals surface area contributed by atoms with Crippen LogP contribution in [0.5, 0.6) is 17.2 Å². The van der Waals surface area contributed by atoms with E-state index in [0.717, 1.165) is 0 Å². The van der Waals surface area contributed by atoms with Gasteiger partial charge in [0.25, 0.3) is 0 Å². The molecule has 150 valence electrons. The molecule has 0 fully saturated rings. The maximum Gasteiger partial charge on any atom is 0.310 e. The maximum absolute atomic E-state index is 12.0. The Kier molecular flexibility index (Phi) is 7.25. The fraction of sp³-hybridized carbons (Fsp3) is 0.143. The van der Waals surface area contributed by atoms with E-state index in [1.54, 1.807) is 12.1 Å². The van der Waals surface area contributed by atoms with Gasteiger partial charge < -0.3 is 14.6 Å². The highest BCUT2D eigenvalue weighted by Gasteiger charge is 2.14. The molecule has 0 atom stereocenters. The van der Waals surface area contributed by atoms with Gasteiger partial charge in [0.1, 0.15) is 0 Å². The minimum absolute atomic E-state index is 0.0147. The number of methoxy groups -OCH3 is 2. The van der Waals surface area contributed by atoms with Crippen molar-refractivity contribution in [2.75, 3.05) is 14.2 Å². The standard InChI is InChI=1S/C21H19NO7/c1-28-20-11-14(5-9-18(20)22(26)27)3-7-16(23)13-17(24)8-4-15-6-10-19(25)21(12-15)29-2/h3-12,25H,13H2,1-2H3. The van der Waals surface area contributed by atoms with Crippen LogP contribution in [0.2, 0.25) is 0 Å². The van der Waals surface area contributed by atoms with Gasteiger partial charge in [-0.1, -0.05) is 18.2 Å². The molecular formula is C21H19NO7. The normalized spacial score (nSPS) is 11.0. The Bertz CT molecular complexity index is 993. The van der Waals surface area contributed by atoms with Crippen molar-refractivity contribution >= 4 is 29.4 Å². The second kappa shape index (κ2) is 9.84. The van der Waals surface area contributed by atoms with Crippen molar-refractivity contribution in [1.82, 2.24) is 0 Å². The van der Waals surface area contributed by atoms with E-state index in [9.17, 15) is 24.8 Å². The number of nitro groups is 1. The number of ketones is 2. The lowest BCUT2D eigenvalue weighted by Gasteiger charge is -2.03. The Balaban J connectivity index is 1.99. The van der Waals surface area contributed by atoms with Gasteiger partial charge in [0.2, 0.25) is 0 Å². The van der Waals surface area contributed by atoms with Gasteiger partial charge in [-0.25, -0.2) is 0 Å². The van der Waals surface area contributed by atoms with E-state index in [0.29, 0.717) is 11.1 Å². The van der Waals surface area contributed by atoms with E-state index in [1.807, 2.05) is 0 Å². The zero-order chi connectivity index (χ0) is 21.4. The molecule has 0 spiro atoms. The van der Waals surface area contributed by atoms with Gasteiger partial charge in [-0.05, 0) is 47.5 Å². The van der Waals surface area contributed by atoms with Gasteiger partial charge in [0.05, 0.1) is 25.6 Å². The molecule has 0 saturated heterocycles. The van der Waals surface area contributed by atoms with Crippen LogP contribution >= 0.6 is 0 Å². The second-order valence-corrected chi connectivity index (χ2v) is 5.90. The number of carbonyl (C=O) groups is 2. The number of ether oxygens (including phenoxy) is 2. The lowest BCUT2D eigenvalue weighted by molar-refractivity contribution is -0.385. The SMILES string of the molecule is COc1cc(C=CC(=O)CC(=O)C=Cc2ccc([N+](=O)[O-])c(OC)c2)ccc1O. The Morgan fingerprint density at radius 2 is 1.48 bits per heavy atom. The van der Waals surface area contributed by atoms with E-state index in [2.05, 4.69) is 0 Å². The summed E-state index contributed by atoms with van der Waals surface area (Å²) in [6.45, 7) is 0. The van der Waals surface area contributed by atoms with E-state index in [-0.39, 0.29) is 29.4 Å². The lowest BCUT2D eigenvalue weighted by Crippen LogP contribution is -2.02. The molecule has 0 unspecified atom stereocenters. The summed E-state index contributed by atoms with van der Waals surface area (Å²) in [7, 11) is 2.73. The number of benzene rings is 2. The first kappa shape index (κ1) is 21.4. The van der Waals surface area contributed by atoms with Crippen molar-refractivity contribution in [2.24, 2.45) is 0 Å². The van der Waals surface area contributed by atoms with Gasteiger partial charge in [0.15, 0.2) is 28.8 Å². The average molecular weight is 397 g/mol. The second-order valence-electron chi connectivity index (χ2n) is 5.90. The summed E-state index contributed by atoms with van der Waals surface area (Å²) in [6, 6.07) is 8.79. The molecule has 29 heavy (non-hydrogen) atoms. The van der Waals surface area contributed by atoms with Gasteiger partial charge in [-0.15, -0.1) is 0 Å². The number of rotatable bonds is 9. The summed E-state index contributed by atoms with van der Waals surface area (Å²) >= 11 is 0. The Hall–Kier alpha value is -3.94. The highest BCUT2D eigenvalue weighted by Crippen LogP contribution is 2.28. The predicted molar refractivity (Wildman–Crippen MR) is 107 cm³/mol. The highest BCUT2D eigenvalue weighted by molar-refractivity contribution is 6.10. The van der Waals surface area contributed by atoms with E-state index < -0.39 is 16.5 Å². The minimum atomic E-state index is -0.563. The van der Waals surface area contributed by atoms with Crippen molar-refractivity contribution in [2.45, 2.75) is 6.42 Å². The fourth-order valence-electron chi connectivity index (χ4n) is 2.41. The predicted octanol–water partition coefficient (Wildman–Crippen LogP) is 3.57. The summed E-state index contributed by atoms with van der Waals surface area (Å²) < 4.78 is 9.96. The summed E-state index contributed by atoms with van der Waals surface area (Å²) in [5, 5.41) is 20.4. The quantitative estimate of drug-likeness (QED) is 0.297. The molecule has 2 rings (SSSR count). The first-order valence-electron chi connectivity index (χ1n) is 8.45. The molecule has 2 aromatic carbocycles. The topological polar surface area (TPSA) is 116 Å². The molecule has 1 N–H and O–H groups in total. The Morgan fingerprint density at radius 1 is 0.966 bits per heavy atom. The molecule has 8 nitrogen and oxygen atoms in total. The summed E-state index contributed by atoms with van der Waals surface area (Å²) in [6.07, 6.45) is 5.15. The highest BCUT2D eigenvalue weighted by atomic mass is 16.6. The molecule has 0 saturated carbocycles. The Morgan fingerprint density at radius 3 is 2.00 bits per heavy atom. The molecule has 8 heteroatoms. The molecule has 0 aliphatic rings. The summed E-state index contributed by atoms with van der Waals surface area (Å²) in [5.41, 5.74) is 0.982. The van der Waals surface area contributed by atoms with Crippen LogP contribution in [0, 0.1) is 10.1 Å². The van der Waals surface area contributed by atoms with Crippen LogP contribution in [0.3, 0.4) is 0 Å². The van der Waals surface area contributed by atoms with Crippen LogP contribution in [-0.4, -0.2) is 35.8 Å². The van der Waals surface area contributed by atoms with Crippen LogP contribution in [0.4, 0.5) is 5.69 Å². The molecule has 0 aliphatic heterocycles. The van der Waals surface area contributed by atoms with Crippen LogP contribution in [0.25, 0.3) is 12.2 Å². The number of phenolic OH excluding ortho intramolecular Hbond substituents is 1. The van der Waals surface area contributed by atoms with Gasteiger partial charge >= 0.3 is 5.69 Å². The number of nitrogens with zero attached hydrogens (tertiary/aromatic N) is 1. The van der Waals surface area contributed by atoms with Gasteiger partial charge in [0, 0.05) is 6.07 Å². The number of nitro benzene ring substituents is 1. The molecule has 0 radical (unpaired) electrons. The van der Waals surface area contributed by atoms with Crippen LogP contribution in [-0.2, 0) is 9.59 Å². The first-order valence-corrected chi connectivity index (χ1v) is 8.45. The van der Waals surface area contributed by atoms with Crippen LogP contribution in [0.15, 0.2) is 48.6 Å². The molecule has 0 amide bonds. The van der Waals surface area contributed by atoms with Crippen LogP contribution in [0.1, 0.15) is 17.5 Å². The molecule has 2 aromatic rings. The average Bonchev–Trinajstić information content (AvgIpc) is 2.71. The minimum Gasteiger partial charge on any atom is -0.504 e. The third-order valence-corrected chi connectivity index (χ3v) is 3.88. The zero-order valence-electron chi connectivity index (χ0n) is 15.8. The molecule has 0 aromatic heterocycles. The van der Waals surface area contributed by atoms with Crippen LogP contribution < -0.4 is 9.47 Å². The number of carbonyl (C=O) groups excluding carboxylic acids is 2. The number of hydrogen-bond donors (Lipinski definition) is 1. The largest absolute Gasteiger partial charge is 0.504 e. The molecular weight excluding hydrogens is 378 g/mol. The monoisotopic (exact) mass is 397 g/mol. The Labute approximate surface area is 166 Å². The first-order chi connectivity index (χ1) is 13.8. The fourth-order valence-corrected chi connectivity index (χ4v) is 2.41. The third kappa shape index (κ3) is 6.03. The summed E-state index contributed by atoms with van der Waals surface area (Å²) in [4.78, 5) is 34.3. The summed E-state index contributed by atoms with van der Waals surface area (Å²) in [5.74, 6) is -0.475. The van der Waals surface area contributed by atoms with Crippen molar-refractivity contribution in [3.05, 3.63) is 69.8 Å². The molecule has 0 aliphatic carbocycles. The molecule has 0 heterocycles. The maximum atomic E-state index is 12.0. The zero-order valence-corrected chi connectivity index (χ0v) is 15.8. The number of hydrogen-bond acceptors (Lipinski definition) is 7. The lowest BCUT2D eigenvalue weighted by atomic mass is 10.1. The van der Waals surface area contributed by atoms with E-state index in [1.165, 1.54) is 62.8 Å².